The second-order valence-electron chi connectivity index (χ2n) is 4.73. The van der Waals surface area contributed by atoms with Crippen LogP contribution in [0.1, 0.15) is 40.6 Å². The minimum Gasteiger partial charge on any atom is -0.477 e. The van der Waals surface area contributed by atoms with Crippen molar-refractivity contribution in [1.29, 1.82) is 0 Å². The van der Waals surface area contributed by atoms with Crippen LogP contribution >= 0.6 is 0 Å². The minimum atomic E-state index is -1.09. The summed E-state index contributed by atoms with van der Waals surface area (Å²) < 4.78 is 0. The van der Waals surface area contributed by atoms with E-state index in [1.807, 2.05) is 0 Å². The second kappa shape index (κ2) is 4.16. The summed E-state index contributed by atoms with van der Waals surface area (Å²) in [5, 5.41) is 11.5. The second-order valence-corrected chi connectivity index (χ2v) is 4.73. The van der Waals surface area contributed by atoms with Crippen molar-refractivity contribution in [1.82, 2.24) is 10.3 Å². The van der Waals surface area contributed by atoms with Gasteiger partial charge in [0.25, 0.3) is 5.91 Å². The zero-order valence-electron chi connectivity index (χ0n) is 9.56. The molecule has 5 nitrogen and oxygen atoms in total. The number of pyridine rings is 1. The van der Waals surface area contributed by atoms with Gasteiger partial charge in [-0.05, 0) is 30.4 Å². The fourth-order valence-electron chi connectivity index (χ4n) is 1.44. The number of carboxylic acids is 1. The molecule has 0 saturated heterocycles. The maximum atomic E-state index is 11.7. The predicted octanol–water partition coefficient (Wildman–Crippen LogP) is 1.31. The third kappa shape index (κ3) is 2.81. The van der Waals surface area contributed by atoms with Crippen LogP contribution in [0.3, 0.4) is 0 Å². The van der Waals surface area contributed by atoms with Crippen LogP contribution in [0.15, 0.2) is 18.3 Å². The maximum Gasteiger partial charge on any atom is 0.354 e. The van der Waals surface area contributed by atoms with Crippen LogP contribution in [0.5, 0.6) is 0 Å². The van der Waals surface area contributed by atoms with Gasteiger partial charge >= 0.3 is 5.97 Å². The summed E-state index contributed by atoms with van der Waals surface area (Å²) in [5.41, 5.74) is 0.583. The van der Waals surface area contributed by atoms with Crippen LogP contribution < -0.4 is 5.32 Å². The molecule has 1 aromatic heterocycles. The molecule has 90 valence electrons. The van der Waals surface area contributed by atoms with Crippen molar-refractivity contribution in [3.8, 4) is 0 Å². The first-order chi connectivity index (χ1) is 8.00. The zero-order chi connectivity index (χ0) is 12.5. The Morgan fingerprint density at radius 2 is 2.18 bits per heavy atom. The van der Waals surface area contributed by atoms with Crippen LogP contribution in [0, 0.1) is 5.41 Å². The van der Waals surface area contributed by atoms with Gasteiger partial charge in [0.2, 0.25) is 0 Å². The van der Waals surface area contributed by atoms with Crippen molar-refractivity contribution in [3.05, 3.63) is 29.6 Å². The van der Waals surface area contributed by atoms with Crippen molar-refractivity contribution in [2.45, 2.75) is 19.8 Å². The number of carboxylic acid groups (broad SMARTS) is 1. The van der Waals surface area contributed by atoms with Crippen molar-refractivity contribution in [2.75, 3.05) is 6.54 Å². The van der Waals surface area contributed by atoms with E-state index in [-0.39, 0.29) is 17.0 Å². The van der Waals surface area contributed by atoms with Gasteiger partial charge in [0.1, 0.15) is 5.69 Å². The molecular formula is C12H14N2O3. The van der Waals surface area contributed by atoms with E-state index in [2.05, 4.69) is 17.2 Å². The van der Waals surface area contributed by atoms with Gasteiger partial charge in [-0.25, -0.2) is 9.78 Å². The lowest BCUT2D eigenvalue weighted by atomic mass is 10.1. The Balaban J connectivity index is 1.96. The van der Waals surface area contributed by atoms with Crippen LogP contribution in [0.25, 0.3) is 0 Å². The predicted molar refractivity (Wildman–Crippen MR) is 60.9 cm³/mol. The smallest absolute Gasteiger partial charge is 0.354 e. The minimum absolute atomic E-state index is 0.0595. The first-order valence-corrected chi connectivity index (χ1v) is 5.48. The fraction of sp³-hybridized carbons (Fsp3) is 0.417. The zero-order valence-corrected chi connectivity index (χ0v) is 9.56. The van der Waals surface area contributed by atoms with E-state index in [4.69, 9.17) is 5.11 Å². The van der Waals surface area contributed by atoms with Crippen LogP contribution in [0.2, 0.25) is 0 Å². The highest BCUT2D eigenvalue weighted by molar-refractivity contribution is 5.94. The molecule has 0 spiro atoms. The Hall–Kier alpha value is -1.91. The Morgan fingerprint density at radius 1 is 1.47 bits per heavy atom. The molecule has 0 radical (unpaired) electrons. The number of carbonyl (C=O) groups excluding carboxylic acids is 1. The number of aromatic nitrogens is 1. The Morgan fingerprint density at radius 3 is 2.65 bits per heavy atom. The highest BCUT2D eigenvalue weighted by Gasteiger charge is 2.37. The molecule has 17 heavy (non-hydrogen) atoms. The molecule has 2 N–H and O–H groups in total. The lowest BCUT2D eigenvalue weighted by molar-refractivity contribution is 0.0689. The molecule has 1 amide bonds. The number of hydrogen-bond donors (Lipinski definition) is 2. The number of hydrogen-bond acceptors (Lipinski definition) is 3. The Bertz CT molecular complexity index is 449. The highest BCUT2D eigenvalue weighted by atomic mass is 16.4. The summed E-state index contributed by atoms with van der Waals surface area (Å²) in [6.07, 6.45) is 3.57. The first kappa shape index (κ1) is 11.6. The van der Waals surface area contributed by atoms with Gasteiger partial charge in [-0.2, -0.15) is 0 Å². The maximum absolute atomic E-state index is 11.7. The van der Waals surface area contributed by atoms with E-state index in [1.165, 1.54) is 18.3 Å². The number of aromatic carboxylic acids is 1. The normalized spacial score (nSPS) is 16.3. The van der Waals surface area contributed by atoms with Gasteiger partial charge < -0.3 is 10.4 Å². The van der Waals surface area contributed by atoms with Gasteiger partial charge in [0, 0.05) is 12.7 Å². The van der Waals surface area contributed by atoms with Crippen LogP contribution in [0.4, 0.5) is 0 Å². The molecule has 1 heterocycles. The summed E-state index contributed by atoms with van der Waals surface area (Å²) in [6, 6.07) is 2.80. The number of nitrogens with one attached hydrogen (secondary N) is 1. The monoisotopic (exact) mass is 234 g/mol. The third-order valence-electron chi connectivity index (χ3n) is 3.02. The summed E-state index contributed by atoms with van der Waals surface area (Å²) in [5.74, 6) is -1.30. The summed E-state index contributed by atoms with van der Waals surface area (Å²) >= 11 is 0. The molecule has 5 heteroatoms. The number of carbonyl (C=O) groups is 2. The van der Waals surface area contributed by atoms with Gasteiger partial charge in [0.05, 0.1) is 5.56 Å². The van der Waals surface area contributed by atoms with Crippen LogP contribution in [-0.4, -0.2) is 28.5 Å². The Labute approximate surface area is 98.9 Å². The molecule has 0 bridgehead atoms. The quantitative estimate of drug-likeness (QED) is 0.823. The summed E-state index contributed by atoms with van der Waals surface area (Å²) in [4.78, 5) is 26.0. The number of amides is 1. The lowest BCUT2D eigenvalue weighted by Crippen LogP contribution is -2.29. The molecule has 0 aromatic carbocycles. The van der Waals surface area contributed by atoms with E-state index < -0.39 is 5.97 Å². The van der Waals surface area contributed by atoms with Crippen molar-refractivity contribution >= 4 is 11.9 Å². The standard InChI is InChI=1S/C12H14N2O3/c1-12(4-5-12)7-14-10(15)8-2-3-9(11(16)17)13-6-8/h2-3,6H,4-5,7H2,1H3,(H,14,15)(H,16,17). The van der Waals surface area contributed by atoms with Gasteiger partial charge in [-0.1, -0.05) is 6.92 Å². The van der Waals surface area contributed by atoms with E-state index in [0.29, 0.717) is 12.1 Å². The van der Waals surface area contributed by atoms with E-state index in [9.17, 15) is 9.59 Å². The topological polar surface area (TPSA) is 79.3 Å². The molecule has 2 rings (SSSR count). The first-order valence-electron chi connectivity index (χ1n) is 5.48. The van der Waals surface area contributed by atoms with E-state index in [1.54, 1.807) is 0 Å². The average Bonchev–Trinajstić information content (AvgIpc) is 3.05. The number of nitrogens with zero attached hydrogens (tertiary/aromatic N) is 1. The SMILES string of the molecule is CC1(CNC(=O)c2ccc(C(=O)O)nc2)CC1. The van der Waals surface area contributed by atoms with Gasteiger partial charge in [-0.15, -0.1) is 0 Å². The van der Waals surface area contributed by atoms with Crippen molar-refractivity contribution < 1.29 is 14.7 Å². The molecular weight excluding hydrogens is 220 g/mol. The molecule has 1 aliphatic rings. The largest absolute Gasteiger partial charge is 0.477 e. The molecule has 0 atom stereocenters. The van der Waals surface area contributed by atoms with Gasteiger partial charge in [-0.3, -0.25) is 4.79 Å². The van der Waals surface area contributed by atoms with Gasteiger partial charge in [0.15, 0.2) is 0 Å². The fourth-order valence-corrected chi connectivity index (χ4v) is 1.44. The van der Waals surface area contributed by atoms with E-state index >= 15 is 0 Å². The molecule has 1 aliphatic carbocycles. The molecule has 1 saturated carbocycles. The van der Waals surface area contributed by atoms with Crippen molar-refractivity contribution in [2.24, 2.45) is 5.41 Å². The third-order valence-corrected chi connectivity index (χ3v) is 3.02. The number of rotatable bonds is 4. The Kier molecular flexibility index (Phi) is 2.83. The van der Waals surface area contributed by atoms with Crippen molar-refractivity contribution in [3.63, 3.8) is 0 Å². The molecule has 1 aromatic rings. The highest BCUT2D eigenvalue weighted by Crippen LogP contribution is 2.44. The summed E-state index contributed by atoms with van der Waals surface area (Å²) in [6.45, 7) is 2.78. The molecule has 0 aliphatic heterocycles. The van der Waals surface area contributed by atoms with E-state index in [0.717, 1.165) is 12.8 Å². The molecule has 0 unspecified atom stereocenters. The average molecular weight is 234 g/mol. The van der Waals surface area contributed by atoms with Crippen LogP contribution in [-0.2, 0) is 0 Å². The summed E-state index contributed by atoms with van der Waals surface area (Å²) in [7, 11) is 0. The lowest BCUT2D eigenvalue weighted by Gasteiger charge is -2.09. The molecule has 1 fully saturated rings.